The standard InChI is InChI=1S/C25H32ClNO4/c1-6-7-12-30-22-15-18(2)25(19(3)16-22)31-14-9-8-13-29-21-10-11-23(24(26)17-21)20(4)27-28-5/h6-7,10-11,15-17H,8-9,12-14H2,1-5H3/b7-6+,27-20?. The SMILES string of the molecule is C/C=C/COc1cc(C)c(OCCCCOc2ccc(C(C)=NOC)c(Cl)c2)c(C)c1. The Morgan fingerprint density at radius 1 is 0.968 bits per heavy atom. The Morgan fingerprint density at radius 2 is 1.65 bits per heavy atom. The molecule has 168 valence electrons. The van der Waals surface area contributed by atoms with Crippen LogP contribution in [-0.2, 0) is 4.84 Å². The summed E-state index contributed by atoms with van der Waals surface area (Å²) >= 11 is 6.32. The number of aryl methyl sites for hydroxylation is 2. The Bertz CT molecular complexity index is 885. The van der Waals surface area contributed by atoms with Crippen LogP contribution in [0.15, 0.2) is 47.6 Å². The second kappa shape index (κ2) is 12.9. The van der Waals surface area contributed by atoms with Gasteiger partial charge in [0.05, 0.1) is 23.9 Å². The molecule has 2 rings (SSSR count). The summed E-state index contributed by atoms with van der Waals surface area (Å²) in [4.78, 5) is 4.80. The predicted octanol–water partition coefficient (Wildman–Crippen LogP) is 6.52. The molecule has 0 aromatic heterocycles. The summed E-state index contributed by atoms with van der Waals surface area (Å²) in [5.41, 5.74) is 3.70. The Morgan fingerprint density at radius 3 is 2.26 bits per heavy atom. The van der Waals surface area contributed by atoms with Gasteiger partial charge in [-0.15, -0.1) is 0 Å². The minimum Gasteiger partial charge on any atom is -0.494 e. The van der Waals surface area contributed by atoms with Crippen molar-refractivity contribution in [3.63, 3.8) is 0 Å². The van der Waals surface area contributed by atoms with Crippen molar-refractivity contribution < 1.29 is 19.0 Å². The van der Waals surface area contributed by atoms with E-state index in [2.05, 4.69) is 5.16 Å². The number of allylic oxidation sites excluding steroid dienone is 1. The fourth-order valence-corrected chi connectivity index (χ4v) is 3.40. The van der Waals surface area contributed by atoms with Gasteiger partial charge in [0.15, 0.2) is 0 Å². The molecule has 0 aliphatic carbocycles. The molecule has 0 aliphatic heterocycles. The van der Waals surface area contributed by atoms with E-state index in [9.17, 15) is 0 Å². The Kier molecular flexibility index (Phi) is 10.2. The van der Waals surface area contributed by atoms with Crippen molar-refractivity contribution in [2.75, 3.05) is 26.9 Å². The number of unbranched alkanes of at least 4 members (excludes halogenated alkanes) is 1. The average molecular weight is 446 g/mol. The van der Waals surface area contributed by atoms with E-state index >= 15 is 0 Å². The first-order chi connectivity index (χ1) is 15.0. The van der Waals surface area contributed by atoms with Crippen molar-refractivity contribution >= 4 is 17.3 Å². The molecule has 0 atom stereocenters. The molecule has 0 aliphatic rings. The van der Waals surface area contributed by atoms with Crippen LogP contribution in [0.2, 0.25) is 5.02 Å². The van der Waals surface area contributed by atoms with Crippen molar-refractivity contribution in [1.82, 2.24) is 0 Å². The minimum atomic E-state index is 0.573. The van der Waals surface area contributed by atoms with Crippen LogP contribution < -0.4 is 14.2 Å². The summed E-state index contributed by atoms with van der Waals surface area (Å²) in [6.07, 6.45) is 5.73. The summed E-state index contributed by atoms with van der Waals surface area (Å²) in [5.74, 6) is 2.53. The lowest BCUT2D eigenvalue weighted by molar-refractivity contribution is 0.213. The van der Waals surface area contributed by atoms with Crippen LogP contribution in [0.1, 0.15) is 43.4 Å². The van der Waals surface area contributed by atoms with Crippen LogP contribution in [-0.4, -0.2) is 32.6 Å². The summed E-state index contributed by atoms with van der Waals surface area (Å²) < 4.78 is 17.5. The second-order valence-electron chi connectivity index (χ2n) is 7.17. The molecule has 2 aromatic rings. The second-order valence-corrected chi connectivity index (χ2v) is 7.58. The first-order valence-electron chi connectivity index (χ1n) is 10.4. The fraction of sp³-hybridized carbons (Fsp3) is 0.400. The number of rotatable bonds is 12. The van der Waals surface area contributed by atoms with E-state index in [1.165, 1.54) is 7.11 Å². The van der Waals surface area contributed by atoms with E-state index in [1.807, 2.05) is 64.1 Å². The van der Waals surface area contributed by atoms with Crippen LogP contribution >= 0.6 is 11.6 Å². The number of ether oxygens (including phenoxy) is 3. The molecule has 0 spiro atoms. The molecule has 0 saturated heterocycles. The highest BCUT2D eigenvalue weighted by atomic mass is 35.5. The molecular formula is C25H32ClNO4. The van der Waals surface area contributed by atoms with Crippen LogP contribution in [0.3, 0.4) is 0 Å². The number of benzene rings is 2. The van der Waals surface area contributed by atoms with E-state index in [-0.39, 0.29) is 0 Å². The van der Waals surface area contributed by atoms with Crippen molar-refractivity contribution in [2.24, 2.45) is 5.16 Å². The molecule has 0 unspecified atom stereocenters. The fourth-order valence-electron chi connectivity index (χ4n) is 3.10. The summed E-state index contributed by atoms with van der Waals surface area (Å²) in [5, 5.41) is 4.49. The molecule has 2 aromatic carbocycles. The van der Waals surface area contributed by atoms with Crippen molar-refractivity contribution in [3.05, 3.63) is 64.2 Å². The number of nitrogens with zero attached hydrogens (tertiary/aromatic N) is 1. The molecule has 5 nitrogen and oxygen atoms in total. The highest BCUT2D eigenvalue weighted by molar-refractivity contribution is 6.34. The Hall–Kier alpha value is -2.66. The van der Waals surface area contributed by atoms with Crippen molar-refractivity contribution in [3.8, 4) is 17.2 Å². The van der Waals surface area contributed by atoms with Gasteiger partial charge >= 0.3 is 0 Å². The number of hydrogen-bond acceptors (Lipinski definition) is 5. The van der Waals surface area contributed by atoms with Gasteiger partial charge in [-0.3, -0.25) is 0 Å². The summed E-state index contributed by atoms with van der Waals surface area (Å²) in [6, 6.07) is 9.60. The van der Waals surface area contributed by atoms with Gasteiger partial charge in [0.1, 0.15) is 31.0 Å². The molecule has 0 fully saturated rings. The van der Waals surface area contributed by atoms with E-state index in [0.717, 1.165) is 52.5 Å². The quantitative estimate of drug-likeness (QED) is 0.161. The topological polar surface area (TPSA) is 49.3 Å². The molecular weight excluding hydrogens is 414 g/mol. The number of hydrogen-bond donors (Lipinski definition) is 0. The normalized spacial score (nSPS) is 11.6. The zero-order chi connectivity index (χ0) is 22.6. The highest BCUT2D eigenvalue weighted by Crippen LogP contribution is 2.29. The monoisotopic (exact) mass is 445 g/mol. The highest BCUT2D eigenvalue weighted by Gasteiger charge is 2.08. The lowest BCUT2D eigenvalue weighted by Gasteiger charge is -2.14. The average Bonchev–Trinajstić information content (AvgIpc) is 2.72. The molecule has 0 N–H and O–H groups in total. The minimum absolute atomic E-state index is 0.573. The van der Waals surface area contributed by atoms with Gasteiger partial charge in [-0.2, -0.15) is 0 Å². The smallest absolute Gasteiger partial charge is 0.125 e. The van der Waals surface area contributed by atoms with Gasteiger partial charge in [-0.25, -0.2) is 0 Å². The van der Waals surface area contributed by atoms with Gasteiger partial charge in [0.25, 0.3) is 0 Å². The van der Waals surface area contributed by atoms with Crippen LogP contribution in [0.5, 0.6) is 17.2 Å². The molecule has 0 bridgehead atoms. The van der Waals surface area contributed by atoms with E-state index in [4.69, 9.17) is 30.6 Å². The largest absolute Gasteiger partial charge is 0.494 e. The van der Waals surface area contributed by atoms with Gasteiger partial charge < -0.3 is 19.0 Å². The maximum Gasteiger partial charge on any atom is 0.125 e. The summed E-state index contributed by atoms with van der Waals surface area (Å²) in [6.45, 7) is 9.72. The van der Waals surface area contributed by atoms with Gasteiger partial charge in [0, 0.05) is 5.56 Å². The molecule has 0 saturated carbocycles. The van der Waals surface area contributed by atoms with Crippen LogP contribution in [0.25, 0.3) is 0 Å². The summed E-state index contributed by atoms with van der Waals surface area (Å²) in [7, 11) is 1.51. The zero-order valence-corrected chi connectivity index (χ0v) is 19.8. The molecule has 6 heteroatoms. The Balaban J connectivity index is 1.76. The predicted molar refractivity (Wildman–Crippen MR) is 127 cm³/mol. The van der Waals surface area contributed by atoms with Gasteiger partial charge in [-0.05, 0) is 82.0 Å². The third-order valence-electron chi connectivity index (χ3n) is 4.63. The third-order valence-corrected chi connectivity index (χ3v) is 4.94. The first kappa shape index (κ1) is 24.6. The number of halogens is 1. The van der Waals surface area contributed by atoms with Crippen molar-refractivity contribution in [2.45, 2.75) is 40.5 Å². The van der Waals surface area contributed by atoms with Crippen molar-refractivity contribution in [1.29, 1.82) is 0 Å². The maximum atomic E-state index is 6.32. The molecule has 31 heavy (non-hydrogen) atoms. The molecule has 0 heterocycles. The lowest BCUT2D eigenvalue weighted by atomic mass is 10.1. The van der Waals surface area contributed by atoms with E-state index < -0.39 is 0 Å². The lowest BCUT2D eigenvalue weighted by Crippen LogP contribution is -2.05. The van der Waals surface area contributed by atoms with Gasteiger partial charge in [-0.1, -0.05) is 28.9 Å². The maximum absolute atomic E-state index is 6.32. The third kappa shape index (κ3) is 7.83. The van der Waals surface area contributed by atoms with E-state index in [1.54, 1.807) is 6.07 Å². The Labute approximate surface area is 190 Å². The zero-order valence-electron chi connectivity index (χ0n) is 19.0. The van der Waals surface area contributed by atoms with Crippen LogP contribution in [0, 0.1) is 13.8 Å². The number of oxime groups is 1. The van der Waals surface area contributed by atoms with Crippen LogP contribution in [0.4, 0.5) is 0 Å². The van der Waals surface area contributed by atoms with E-state index in [0.29, 0.717) is 24.8 Å². The molecule has 0 radical (unpaired) electrons. The first-order valence-corrected chi connectivity index (χ1v) is 10.8. The molecule has 0 amide bonds. The van der Waals surface area contributed by atoms with Gasteiger partial charge in [0.2, 0.25) is 0 Å².